The third kappa shape index (κ3) is 7.45. The molecular weight excluding hydrogens is 529 g/mol. The summed E-state index contributed by atoms with van der Waals surface area (Å²) < 4.78 is 16.7. The minimum atomic E-state index is -0.0324. The molecule has 31 heavy (non-hydrogen) atoms. The lowest BCUT2D eigenvalue weighted by molar-refractivity contribution is 0.00968. The van der Waals surface area contributed by atoms with E-state index in [1.807, 2.05) is 19.2 Å². The highest BCUT2D eigenvalue weighted by atomic mass is 127. The fraction of sp³-hybridized carbons (Fsp3) is 0.696. The van der Waals surface area contributed by atoms with Gasteiger partial charge in [-0.3, -0.25) is 4.99 Å². The van der Waals surface area contributed by atoms with E-state index in [0.29, 0.717) is 6.10 Å². The maximum atomic E-state index is 6.59. The van der Waals surface area contributed by atoms with Gasteiger partial charge in [0, 0.05) is 70.7 Å². The van der Waals surface area contributed by atoms with Crippen molar-refractivity contribution >= 4 is 41.5 Å². The molecular formula is C23H37ClIN3O3. The molecule has 2 aliphatic rings. The van der Waals surface area contributed by atoms with Crippen LogP contribution in [0.4, 0.5) is 0 Å². The van der Waals surface area contributed by atoms with Crippen molar-refractivity contribution in [3.63, 3.8) is 0 Å². The van der Waals surface area contributed by atoms with Gasteiger partial charge in [-0.25, -0.2) is 0 Å². The standard InChI is InChI=1S/C23H36ClN3O3.HI/c1-25-22(27-12-8-19(9-13-27)30-15-5-14-28-2)26-18-23(10-16-29-17-11-23)20-6-3-4-7-21(20)24;/h3-4,6-7,19H,5,8-18H2,1-2H3,(H,25,26);1H. The molecule has 1 aromatic rings. The Morgan fingerprint density at radius 3 is 2.58 bits per heavy atom. The third-order valence-corrected chi connectivity index (χ3v) is 6.61. The van der Waals surface area contributed by atoms with Gasteiger partial charge >= 0.3 is 0 Å². The van der Waals surface area contributed by atoms with Crippen LogP contribution in [-0.2, 0) is 19.6 Å². The van der Waals surface area contributed by atoms with Gasteiger partial charge in [-0.1, -0.05) is 29.8 Å². The monoisotopic (exact) mass is 565 g/mol. The van der Waals surface area contributed by atoms with Crippen molar-refractivity contribution in [1.29, 1.82) is 0 Å². The molecule has 176 valence electrons. The number of halogens is 2. The molecule has 0 unspecified atom stereocenters. The summed E-state index contributed by atoms with van der Waals surface area (Å²) in [6.45, 7) is 5.77. The molecule has 0 aliphatic carbocycles. The molecule has 3 rings (SSSR count). The van der Waals surface area contributed by atoms with E-state index in [4.69, 9.17) is 25.8 Å². The van der Waals surface area contributed by atoms with E-state index in [2.05, 4.69) is 27.3 Å². The minimum absolute atomic E-state index is 0. The largest absolute Gasteiger partial charge is 0.385 e. The van der Waals surface area contributed by atoms with E-state index in [1.165, 1.54) is 5.56 Å². The summed E-state index contributed by atoms with van der Waals surface area (Å²) in [5, 5.41) is 4.49. The average molecular weight is 566 g/mol. The van der Waals surface area contributed by atoms with Crippen molar-refractivity contribution in [3.8, 4) is 0 Å². The van der Waals surface area contributed by atoms with Crippen molar-refractivity contribution in [2.75, 3.05) is 60.2 Å². The van der Waals surface area contributed by atoms with Gasteiger partial charge in [-0.2, -0.15) is 0 Å². The van der Waals surface area contributed by atoms with Crippen molar-refractivity contribution in [2.45, 2.75) is 43.6 Å². The van der Waals surface area contributed by atoms with Gasteiger partial charge in [0.1, 0.15) is 0 Å². The predicted molar refractivity (Wildman–Crippen MR) is 137 cm³/mol. The number of rotatable bonds is 8. The first-order chi connectivity index (χ1) is 14.7. The van der Waals surface area contributed by atoms with Crippen LogP contribution in [0.2, 0.25) is 5.02 Å². The minimum Gasteiger partial charge on any atom is -0.385 e. The van der Waals surface area contributed by atoms with Crippen LogP contribution in [-0.4, -0.2) is 77.2 Å². The quantitative estimate of drug-likeness (QED) is 0.223. The molecule has 2 saturated heterocycles. The normalized spacial score (nSPS) is 19.7. The number of guanidine groups is 1. The molecule has 0 atom stereocenters. The van der Waals surface area contributed by atoms with E-state index >= 15 is 0 Å². The zero-order valence-electron chi connectivity index (χ0n) is 18.8. The molecule has 2 aliphatic heterocycles. The van der Waals surface area contributed by atoms with Crippen LogP contribution in [0.1, 0.15) is 37.7 Å². The lowest BCUT2D eigenvalue weighted by Crippen LogP contribution is -2.51. The number of likely N-dealkylation sites (tertiary alicyclic amines) is 1. The first-order valence-electron chi connectivity index (χ1n) is 11.1. The lowest BCUT2D eigenvalue weighted by atomic mass is 9.74. The summed E-state index contributed by atoms with van der Waals surface area (Å²) in [7, 11) is 3.59. The number of hydrogen-bond acceptors (Lipinski definition) is 4. The second kappa shape index (κ2) is 13.8. The fourth-order valence-corrected chi connectivity index (χ4v) is 4.80. The third-order valence-electron chi connectivity index (χ3n) is 6.28. The van der Waals surface area contributed by atoms with Gasteiger partial charge in [0.2, 0.25) is 0 Å². The number of ether oxygens (including phenoxy) is 3. The molecule has 0 amide bonds. The molecule has 0 bridgehead atoms. The molecule has 8 heteroatoms. The first kappa shape index (κ1) is 26.6. The zero-order valence-corrected chi connectivity index (χ0v) is 21.9. The van der Waals surface area contributed by atoms with Gasteiger partial charge in [-0.15, -0.1) is 24.0 Å². The highest BCUT2D eigenvalue weighted by molar-refractivity contribution is 14.0. The SMILES string of the molecule is CN=C(NCC1(c2ccccc2Cl)CCOCC1)N1CCC(OCCCOC)CC1.I. The van der Waals surface area contributed by atoms with E-state index < -0.39 is 0 Å². The number of aliphatic imine (C=N–C) groups is 1. The van der Waals surface area contributed by atoms with Crippen LogP contribution in [0.25, 0.3) is 0 Å². The molecule has 1 N–H and O–H groups in total. The Labute approximate surface area is 209 Å². The van der Waals surface area contributed by atoms with Crippen LogP contribution in [0.5, 0.6) is 0 Å². The molecule has 1 aromatic carbocycles. The Balaban J connectivity index is 0.00000341. The van der Waals surface area contributed by atoms with Gasteiger partial charge in [-0.05, 0) is 43.7 Å². The molecule has 0 spiro atoms. The van der Waals surface area contributed by atoms with Crippen molar-refractivity contribution in [3.05, 3.63) is 34.9 Å². The van der Waals surface area contributed by atoms with Crippen molar-refractivity contribution in [1.82, 2.24) is 10.2 Å². The topological polar surface area (TPSA) is 55.3 Å². The molecule has 0 radical (unpaired) electrons. The molecule has 0 aromatic heterocycles. The van der Waals surface area contributed by atoms with Gasteiger partial charge < -0.3 is 24.4 Å². The number of nitrogens with one attached hydrogen (secondary N) is 1. The van der Waals surface area contributed by atoms with Crippen molar-refractivity contribution < 1.29 is 14.2 Å². The van der Waals surface area contributed by atoms with Crippen LogP contribution in [0.15, 0.2) is 29.3 Å². The van der Waals surface area contributed by atoms with Crippen LogP contribution in [0.3, 0.4) is 0 Å². The van der Waals surface area contributed by atoms with E-state index in [0.717, 1.165) is 89.1 Å². The predicted octanol–water partition coefficient (Wildman–Crippen LogP) is 4.10. The number of benzene rings is 1. The Morgan fingerprint density at radius 1 is 1.23 bits per heavy atom. The lowest BCUT2D eigenvalue weighted by Gasteiger charge is -2.40. The Hall–Kier alpha value is -0.610. The summed E-state index contributed by atoms with van der Waals surface area (Å²) in [6.07, 6.45) is 5.25. The second-order valence-corrected chi connectivity index (χ2v) is 8.58. The molecule has 2 heterocycles. The maximum absolute atomic E-state index is 6.59. The van der Waals surface area contributed by atoms with Crippen molar-refractivity contribution in [2.24, 2.45) is 4.99 Å². The highest BCUT2D eigenvalue weighted by Crippen LogP contribution is 2.38. The number of piperidine rings is 1. The second-order valence-electron chi connectivity index (χ2n) is 8.18. The Kier molecular flexibility index (Phi) is 11.9. The summed E-state index contributed by atoms with van der Waals surface area (Å²) in [5.74, 6) is 0.964. The van der Waals surface area contributed by atoms with Gasteiger partial charge in [0.25, 0.3) is 0 Å². The van der Waals surface area contributed by atoms with E-state index in [-0.39, 0.29) is 29.4 Å². The number of methoxy groups -OCH3 is 1. The summed E-state index contributed by atoms with van der Waals surface area (Å²) in [4.78, 5) is 6.91. The Bertz CT molecular complexity index is 678. The maximum Gasteiger partial charge on any atom is 0.193 e. The first-order valence-corrected chi connectivity index (χ1v) is 11.5. The Morgan fingerprint density at radius 2 is 1.94 bits per heavy atom. The summed E-state index contributed by atoms with van der Waals surface area (Å²) >= 11 is 6.59. The zero-order chi connectivity index (χ0) is 21.2. The summed E-state index contributed by atoms with van der Waals surface area (Å²) in [5.41, 5.74) is 1.18. The van der Waals surface area contributed by atoms with Gasteiger partial charge in [0.05, 0.1) is 6.10 Å². The number of hydrogen-bond donors (Lipinski definition) is 1. The summed E-state index contributed by atoms with van der Waals surface area (Å²) in [6, 6.07) is 8.21. The fourth-order valence-electron chi connectivity index (χ4n) is 4.46. The van der Waals surface area contributed by atoms with Crippen LogP contribution < -0.4 is 5.32 Å². The molecule has 6 nitrogen and oxygen atoms in total. The van der Waals surface area contributed by atoms with Crippen LogP contribution in [0, 0.1) is 0 Å². The van der Waals surface area contributed by atoms with Crippen LogP contribution >= 0.6 is 35.6 Å². The smallest absolute Gasteiger partial charge is 0.193 e. The average Bonchev–Trinajstić information content (AvgIpc) is 2.79. The van der Waals surface area contributed by atoms with E-state index in [1.54, 1.807) is 7.11 Å². The van der Waals surface area contributed by atoms with E-state index in [9.17, 15) is 0 Å². The highest BCUT2D eigenvalue weighted by Gasteiger charge is 2.36. The molecule has 0 saturated carbocycles. The van der Waals surface area contributed by atoms with Gasteiger partial charge in [0.15, 0.2) is 5.96 Å². The number of nitrogens with zero attached hydrogens (tertiary/aromatic N) is 2. The molecule has 2 fully saturated rings.